The molecule has 134 valence electrons. The normalized spacial score (nSPS) is 17.0. The van der Waals surface area contributed by atoms with E-state index < -0.39 is 11.7 Å². The van der Waals surface area contributed by atoms with E-state index in [4.69, 9.17) is 0 Å². The predicted octanol–water partition coefficient (Wildman–Crippen LogP) is 2.98. The van der Waals surface area contributed by atoms with Crippen molar-refractivity contribution in [2.24, 2.45) is 0 Å². The fraction of sp³-hybridized carbons (Fsp3) is 0.588. The SMILES string of the molecule is CCN1CCN(CCC(=O)Nc2cc(C)cc(C(F)(F)F)c2)CC1. The van der Waals surface area contributed by atoms with Crippen molar-refractivity contribution in [3.8, 4) is 0 Å². The second kappa shape index (κ2) is 7.98. The number of piperazine rings is 1. The largest absolute Gasteiger partial charge is 0.416 e. The Bertz CT molecular complexity index is 567. The molecule has 7 heteroatoms. The van der Waals surface area contributed by atoms with Gasteiger partial charge in [-0.05, 0) is 37.2 Å². The van der Waals surface area contributed by atoms with Crippen molar-refractivity contribution in [2.75, 3.05) is 44.6 Å². The molecule has 1 aliphatic heterocycles. The van der Waals surface area contributed by atoms with Gasteiger partial charge in [0.15, 0.2) is 0 Å². The molecule has 1 aromatic rings. The van der Waals surface area contributed by atoms with Gasteiger partial charge in [-0.15, -0.1) is 0 Å². The first kappa shape index (κ1) is 18.7. The van der Waals surface area contributed by atoms with E-state index in [1.165, 1.54) is 0 Å². The van der Waals surface area contributed by atoms with Crippen LogP contribution in [-0.4, -0.2) is 55.0 Å². The van der Waals surface area contributed by atoms with E-state index in [0.29, 0.717) is 12.1 Å². The topological polar surface area (TPSA) is 35.6 Å². The Hall–Kier alpha value is -1.60. The number of rotatable bonds is 5. The molecule has 24 heavy (non-hydrogen) atoms. The van der Waals surface area contributed by atoms with E-state index in [-0.39, 0.29) is 18.0 Å². The Morgan fingerprint density at radius 3 is 2.33 bits per heavy atom. The molecule has 1 fully saturated rings. The predicted molar refractivity (Wildman–Crippen MR) is 88.0 cm³/mol. The van der Waals surface area contributed by atoms with Gasteiger partial charge in [-0.25, -0.2) is 0 Å². The van der Waals surface area contributed by atoms with Crippen molar-refractivity contribution in [2.45, 2.75) is 26.4 Å². The molecule has 0 radical (unpaired) electrons. The van der Waals surface area contributed by atoms with Crippen LogP contribution in [0.3, 0.4) is 0 Å². The maximum Gasteiger partial charge on any atom is 0.416 e. The minimum atomic E-state index is -4.41. The standard InChI is InChI=1S/C17H24F3N3O/c1-3-22-6-8-23(9-7-22)5-4-16(24)21-15-11-13(2)10-14(12-15)17(18,19)20/h10-12H,3-9H2,1-2H3,(H,21,24). The van der Waals surface area contributed by atoms with Crippen LogP contribution in [0.25, 0.3) is 0 Å². The molecule has 1 amide bonds. The number of nitrogens with zero attached hydrogens (tertiary/aromatic N) is 2. The van der Waals surface area contributed by atoms with E-state index in [1.807, 2.05) is 0 Å². The quantitative estimate of drug-likeness (QED) is 0.893. The zero-order chi connectivity index (χ0) is 17.7. The molecular formula is C17H24F3N3O. The van der Waals surface area contributed by atoms with Crippen LogP contribution >= 0.6 is 0 Å². The molecule has 0 bridgehead atoms. The van der Waals surface area contributed by atoms with Gasteiger partial charge in [-0.2, -0.15) is 13.2 Å². The number of nitrogens with one attached hydrogen (secondary N) is 1. The third-order valence-electron chi connectivity index (χ3n) is 4.26. The summed E-state index contributed by atoms with van der Waals surface area (Å²) >= 11 is 0. The number of hydrogen-bond acceptors (Lipinski definition) is 3. The highest BCUT2D eigenvalue weighted by molar-refractivity contribution is 5.91. The Labute approximate surface area is 140 Å². The molecule has 0 unspecified atom stereocenters. The summed E-state index contributed by atoms with van der Waals surface area (Å²) in [5, 5.41) is 2.58. The third kappa shape index (κ3) is 5.49. The Kier molecular flexibility index (Phi) is 6.23. The number of amides is 1. The van der Waals surface area contributed by atoms with Crippen molar-refractivity contribution in [1.29, 1.82) is 0 Å². The van der Waals surface area contributed by atoms with Gasteiger partial charge in [0.05, 0.1) is 5.56 Å². The van der Waals surface area contributed by atoms with Crippen LogP contribution < -0.4 is 5.32 Å². The molecule has 0 saturated carbocycles. The number of alkyl halides is 3. The molecule has 1 aromatic carbocycles. The van der Waals surface area contributed by atoms with Gasteiger partial charge in [-0.3, -0.25) is 4.79 Å². The van der Waals surface area contributed by atoms with Gasteiger partial charge in [-0.1, -0.05) is 6.92 Å². The third-order valence-corrected chi connectivity index (χ3v) is 4.26. The highest BCUT2D eigenvalue weighted by atomic mass is 19.4. The zero-order valence-corrected chi connectivity index (χ0v) is 14.1. The molecular weight excluding hydrogens is 319 g/mol. The van der Waals surface area contributed by atoms with Gasteiger partial charge in [0.2, 0.25) is 5.91 Å². The van der Waals surface area contributed by atoms with Crippen LogP contribution in [0.15, 0.2) is 18.2 Å². The number of carbonyl (C=O) groups excluding carboxylic acids is 1. The van der Waals surface area contributed by atoms with Crippen molar-refractivity contribution < 1.29 is 18.0 Å². The van der Waals surface area contributed by atoms with Crippen LogP contribution in [0.4, 0.5) is 18.9 Å². The molecule has 1 saturated heterocycles. The zero-order valence-electron chi connectivity index (χ0n) is 14.1. The second-order valence-corrected chi connectivity index (χ2v) is 6.16. The summed E-state index contributed by atoms with van der Waals surface area (Å²) in [5.74, 6) is -0.258. The van der Waals surface area contributed by atoms with Gasteiger partial charge < -0.3 is 15.1 Å². The molecule has 2 rings (SSSR count). The lowest BCUT2D eigenvalue weighted by Gasteiger charge is -2.33. The fourth-order valence-corrected chi connectivity index (χ4v) is 2.83. The number of aryl methyl sites for hydroxylation is 1. The first-order valence-electron chi connectivity index (χ1n) is 8.21. The van der Waals surface area contributed by atoms with E-state index in [2.05, 4.69) is 22.0 Å². The minimum Gasteiger partial charge on any atom is -0.326 e. The summed E-state index contributed by atoms with van der Waals surface area (Å²) in [6, 6.07) is 3.60. The summed E-state index contributed by atoms with van der Waals surface area (Å²) in [5.41, 5.74) is -0.0765. The molecule has 0 spiro atoms. The minimum absolute atomic E-state index is 0.197. The monoisotopic (exact) mass is 343 g/mol. The molecule has 0 aromatic heterocycles. The number of likely N-dealkylation sites (N-methyl/N-ethyl adjacent to an activating group) is 1. The number of anilines is 1. The van der Waals surface area contributed by atoms with Crippen LogP contribution in [0.1, 0.15) is 24.5 Å². The summed E-state index contributed by atoms with van der Waals surface area (Å²) in [6.45, 7) is 9.19. The summed E-state index contributed by atoms with van der Waals surface area (Å²) in [7, 11) is 0. The highest BCUT2D eigenvalue weighted by Crippen LogP contribution is 2.31. The molecule has 0 aliphatic carbocycles. The lowest BCUT2D eigenvalue weighted by atomic mass is 10.1. The van der Waals surface area contributed by atoms with Crippen LogP contribution in [0, 0.1) is 6.92 Å². The number of carbonyl (C=O) groups is 1. The first-order valence-corrected chi connectivity index (χ1v) is 8.21. The van der Waals surface area contributed by atoms with E-state index in [1.54, 1.807) is 13.0 Å². The van der Waals surface area contributed by atoms with Gasteiger partial charge in [0, 0.05) is 44.8 Å². The molecule has 1 heterocycles. The Morgan fingerprint density at radius 1 is 1.12 bits per heavy atom. The van der Waals surface area contributed by atoms with E-state index >= 15 is 0 Å². The number of benzene rings is 1. The summed E-state index contributed by atoms with van der Waals surface area (Å²) in [4.78, 5) is 16.6. The second-order valence-electron chi connectivity index (χ2n) is 6.16. The van der Waals surface area contributed by atoms with Crippen LogP contribution in [0.5, 0.6) is 0 Å². The van der Waals surface area contributed by atoms with Crippen molar-refractivity contribution in [1.82, 2.24) is 9.80 Å². The summed E-state index contributed by atoms with van der Waals surface area (Å²) < 4.78 is 38.4. The first-order chi connectivity index (χ1) is 11.3. The van der Waals surface area contributed by atoms with Gasteiger partial charge >= 0.3 is 6.18 Å². The smallest absolute Gasteiger partial charge is 0.326 e. The van der Waals surface area contributed by atoms with Crippen molar-refractivity contribution >= 4 is 11.6 Å². The van der Waals surface area contributed by atoms with Crippen molar-refractivity contribution in [3.05, 3.63) is 29.3 Å². The van der Waals surface area contributed by atoms with E-state index in [9.17, 15) is 18.0 Å². The Morgan fingerprint density at radius 2 is 1.75 bits per heavy atom. The maximum absolute atomic E-state index is 12.8. The molecule has 1 aliphatic rings. The van der Waals surface area contributed by atoms with Crippen LogP contribution in [0.2, 0.25) is 0 Å². The average molecular weight is 343 g/mol. The van der Waals surface area contributed by atoms with E-state index in [0.717, 1.165) is 44.9 Å². The molecule has 0 atom stereocenters. The maximum atomic E-state index is 12.8. The van der Waals surface area contributed by atoms with Gasteiger partial charge in [0.25, 0.3) is 0 Å². The lowest BCUT2D eigenvalue weighted by Crippen LogP contribution is -2.46. The Balaban J connectivity index is 1.85. The molecule has 4 nitrogen and oxygen atoms in total. The van der Waals surface area contributed by atoms with Crippen LogP contribution in [-0.2, 0) is 11.0 Å². The highest BCUT2D eigenvalue weighted by Gasteiger charge is 2.31. The van der Waals surface area contributed by atoms with Crippen molar-refractivity contribution in [3.63, 3.8) is 0 Å². The average Bonchev–Trinajstić information content (AvgIpc) is 2.52. The lowest BCUT2D eigenvalue weighted by molar-refractivity contribution is -0.137. The molecule has 1 N–H and O–H groups in total. The van der Waals surface area contributed by atoms with Gasteiger partial charge in [0.1, 0.15) is 0 Å². The summed E-state index contributed by atoms with van der Waals surface area (Å²) in [6.07, 6.45) is -4.13. The number of hydrogen-bond donors (Lipinski definition) is 1. The fourth-order valence-electron chi connectivity index (χ4n) is 2.83. The number of halogens is 3.